The van der Waals surface area contributed by atoms with E-state index in [9.17, 15) is 9.90 Å². The summed E-state index contributed by atoms with van der Waals surface area (Å²) in [6.07, 6.45) is -0.0685. The van der Waals surface area contributed by atoms with Crippen molar-refractivity contribution in [3.05, 3.63) is 42.5 Å². The van der Waals surface area contributed by atoms with Crippen LogP contribution in [0.5, 0.6) is 0 Å². The molecule has 0 saturated heterocycles. The summed E-state index contributed by atoms with van der Waals surface area (Å²) < 4.78 is -1.79. The van der Waals surface area contributed by atoms with Crippen LogP contribution in [0.4, 0.5) is 5.69 Å². The van der Waals surface area contributed by atoms with Crippen LogP contribution >= 0.6 is 34.8 Å². The van der Waals surface area contributed by atoms with Gasteiger partial charge in [-0.1, -0.05) is 53.5 Å². The second-order valence-corrected chi connectivity index (χ2v) is 5.63. The van der Waals surface area contributed by atoms with Gasteiger partial charge in [0.25, 0.3) is 0 Å². The highest BCUT2D eigenvalue weighted by atomic mass is 35.6. The molecule has 1 unspecified atom stereocenters. The van der Waals surface area contributed by atoms with E-state index in [1.54, 1.807) is 24.3 Å². The van der Waals surface area contributed by atoms with Gasteiger partial charge in [-0.15, -0.1) is 0 Å². The molecule has 0 radical (unpaired) electrons. The fourth-order valence-electron chi connectivity index (χ4n) is 1.13. The topological polar surface area (TPSA) is 49.3 Å². The van der Waals surface area contributed by atoms with E-state index >= 15 is 0 Å². The molecular weight excluding hydrogens is 284 g/mol. The SMILES string of the molecule is C=CC(=O)Nc1ccc(C(O)C(Cl)(Cl)Cl)cc1. The molecule has 1 aromatic rings. The van der Waals surface area contributed by atoms with E-state index < -0.39 is 9.90 Å². The van der Waals surface area contributed by atoms with Crippen LogP contribution in [-0.2, 0) is 4.79 Å². The number of anilines is 1. The molecule has 0 heterocycles. The molecule has 3 nitrogen and oxygen atoms in total. The fourth-order valence-corrected chi connectivity index (χ4v) is 1.51. The second-order valence-electron chi connectivity index (χ2n) is 3.26. The minimum absolute atomic E-state index is 0.320. The first kappa shape index (κ1) is 14.3. The maximum atomic E-state index is 11.0. The van der Waals surface area contributed by atoms with E-state index in [0.717, 1.165) is 6.08 Å². The lowest BCUT2D eigenvalue weighted by atomic mass is 10.1. The summed E-state index contributed by atoms with van der Waals surface area (Å²) in [7, 11) is 0. The minimum atomic E-state index is -1.79. The second kappa shape index (κ2) is 5.74. The Morgan fingerprint density at radius 1 is 1.35 bits per heavy atom. The van der Waals surface area contributed by atoms with E-state index in [-0.39, 0.29) is 5.91 Å². The quantitative estimate of drug-likeness (QED) is 0.664. The average Bonchev–Trinajstić information content (AvgIpc) is 2.27. The monoisotopic (exact) mass is 293 g/mol. The summed E-state index contributed by atoms with van der Waals surface area (Å²) >= 11 is 16.7. The van der Waals surface area contributed by atoms with Crippen molar-refractivity contribution >= 4 is 46.4 Å². The molecule has 0 aliphatic rings. The summed E-state index contributed by atoms with van der Waals surface area (Å²) in [5.74, 6) is -0.320. The highest BCUT2D eigenvalue weighted by Crippen LogP contribution is 2.39. The molecule has 0 bridgehead atoms. The molecule has 0 aliphatic heterocycles. The third kappa shape index (κ3) is 4.21. The number of hydrogen-bond donors (Lipinski definition) is 2. The Bertz CT molecular complexity index is 412. The molecule has 0 fully saturated rings. The van der Waals surface area contributed by atoms with E-state index in [0.29, 0.717) is 11.3 Å². The molecule has 0 spiro atoms. The van der Waals surface area contributed by atoms with Crippen LogP contribution in [0.15, 0.2) is 36.9 Å². The number of carbonyl (C=O) groups excluding carboxylic acids is 1. The van der Waals surface area contributed by atoms with Crippen LogP contribution < -0.4 is 5.32 Å². The van der Waals surface area contributed by atoms with E-state index in [1.807, 2.05) is 0 Å². The first-order chi connectivity index (χ1) is 7.84. The zero-order valence-electron chi connectivity index (χ0n) is 8.66. The van der Waals surface area contributed by atoms with E-state index in [2.05, 4.69) is 11.9 Å². The van der Waals surface area contributed by atoms with Gasteiger partial charge in [-0.25, -0.2) is 0 Å². The van der Waals surface area contributed by atoms with E-state index in [1.165, 1.54) is 0 Å². The number of benzene rings is 1. The normalized spacial score (nSPS) is 12.9. The van der Waals surface area contributed by atoms with Gasteiger partial charge >= 0.3 is 0 Å². The standard InChI is InChI=1S/C11H10Cl3NO2/c1-2-9(16)15-8-5-3-7(4-6-8)10(17)11(12,13)14/h2-6,10,17H,1H2,(H,15,16). The van der Waals surface area contributed by atoms with Crippen LogP contribution in [0.1, 0.15) is 11.7 Å². The average molecular weight is 295 g/mol. The van der Waals surface area contributed by atoms with Crippen LogP contribution in [0.2, 0.25) is 0 Å². The van der Waals surface area contributed by atoms with Crippen molar-refractivity contribution in [1.29, 1.82) is 0 Å². The van der Waals surface area contributed by atoms with Crippen molar-refractivity contribution in [2.45, 2.75) is 9.90 Å². The highest BCUT2D eigenvalue weighted by Gasteiger charge is 2.31. The van der Waals surface area contributed by atoms with Crippen molar-refractivity contribution in [3.8, 4) is 0 Å². The predicted octanol–water partition coefficient (Wildman–Crippen LogP) is 3.21. The third-order valence-corrected chi connectivity index (χ3v) is 2.61. The van der Waals surface area contributed by atoms with Gasteiger partial charge in [-0.2, -0.15) is 0 Å². The number of hydrogen-bond acceptors (Lipinski definition) is 2. The molecule has 6 heteroatoms. The molecule has 0 saturated carbocycles. The number of nitrogens with one attached hydrogen (secondary N) is 1. The molecule has 17 heavy (non-hydrogen) atoms. The van der Waals surface area contributed by atoms with Crippen molar-refractivity contribution in [3.63, 3.8) is 0 Å². The van der Waals surface area contributed by atoms with Crippen molar-refractivity contribution in [2.24, 2.45) is 0 Å². The molecule has 1 aromatic carbocycles. The van der Waals surface area contributed by atoms with Gasteiger partial charge in [0.2, 0.25) is 9.70 Å². The Labute approximate surface area is 114 Å². The largest absolute Gasteiger partial charge is 0.384 e. The minimum Gasteiger partial charge on any atom is -0.384 e. The van der Waals surface area contributed by atoms with Gasteiger partial charge in [0.15, 0.2) is 0 Å². The summed E-state index contributed by atoms with van der Waals surface area (Å²) in [6, 6.07) is 6.31. The molecule has 1 amide bonds. The number of aliphatic hydroxyl groups excluding tert-OH is 1. The van der Waals surface area contributed by atoms with Gasteiger partial charge in [-0.3, -0.25) is 4.79 Å². The Hall–Kier alpha value is -0.740. The Morgan fingerprint density at radius 3 is 2.29 bits per heavy atom. The predicted molar refractivity (Wildman–Crippen MR) is 70.5 cm³/mol. The highest BCUT2D eigenvalue weighted by molar-refractivity contribution is 6.68. The van der Waals surface area contributed by atoms with E-state index in [4.69, 9.17) is 34.8 Å². The molecule has 2 N–H and O–H groups in total. The number of carbonyl (C=O) groups is 1. The fraction of sp³-hybridized carbons (Fsp3) is 0.182. The third-order valence-electron chi connectivity index (χ3n) is 1.99. The molecule has 1 rings (SSSR count). The lowest BCUT2D eigenvalue weighted by Gasteiger charge is -2.19. The molecular formula is C11H10Cl3NO2. The lowest BCUT2D eigenvalue weighted by Crippen LogP contribution is -2.16. The lowest BCUT2D eigenvalue weighted by molar-refractivity contribution is -0.111. The molecule has 0 aromatic heterocycles. The van der Waals surface area contributed by atoms with Gasteiger partial charge < -0.3 is 10.4 Å². The van der Waals surface area contributed by atoms with Crippen molar-refractivity contribution in [2.75, 3.05) is 5.32 Å². The number of rotatable bonds is 3. The zero-order chi connectivity index (χ0) is 13.1. The molecule has 92 valence electrons. The van der Waals surface area contributed by atoms with Gasteiger partial charge in [0, 0.05) is 5.69 Å². The summed E-state index contributed by atoms with van der Waals surface area (Å²) in [4.78, 5) is 11.0. The number of alkyl halides is 3. The van der Waals surface area contributed by atoms with Crippen LogP contribution in [-0.4, -0.2) is 14.8 Å². The van der Waals surface area contributed by atoms with Gasteiger partial charge in [0.1, 0.15) is 6.10 Å². The summed E-state index contributed by atoms with van der Waals surface area (Å²) in [6.45, 7) is 3.33. The maximum Gasteiger partial charge on any atom is 0.247 e. The number of halogens is 3. The van der Waals surface area contributed by atoms with Gasteiger partial charge in [-0.05, 0) is 23.8 Å². The number of amides is 1. The summed E-state index contributed by atoms with van der Waals surface area (Å²) in [5.41, 5.74) is 1.01. The van der Waals surface area contributed by atoms with Crippen LogP contribution in [0, 0.1) is 0 Å². The Kier molecular flexibility index (Phi) is 4.83. The maximum absolute atomic E-state index is 11.0. The first-order valence-electron chi connectivity index (χ1n) is 4.62. The zero-order valence-corrected chi connectivity index (χ0v) is 10.9. The Morgan fingerprint density at radius 2 is 1.88 bits per heavy atom. The van der Waals surface area contributed by atoms with Crippen molar-refractivity contribution in [1.82, 2.24) is 0 Å². The molecule has 0 aliphatic carbocycles. The number of aliphatic hydroxyl groups is 1. The molecule has 1 atom stereocenters. The van der Waals surface area contributed by atoms with Crippen molar-refractivity contribution < 1.29 is 9.90 Å². The van der Waals surface area contributed by atoms with Crippen LogP contribution in [0.3, 0.4) is 0 Å². The van der Waals surface area contributed by atoms with Crippen LogP contribution in [0.25, 0.3) is 0 Å². The smallest absolute Gasteiger partial charge is 0.247 e. The van der Waals surface area contributed by atoms with Gasteiger partial charge in [0.05, 0.1) is 0 Å². The Balaban J connectivity index is 2.81. The summed E-state index contributed by atoms with van der Waals surface area (Å²) in [5, 5.41) is 12.2. The first-order valence-corrected chi connectivity index (χ1v) is 5.76.